The van der Waals surface area contributed by atoms with Crippen LogP contribution in [0.3, 0.4) is 0 Å². The van der Waals surface area contributed by atoms with Crippen molar-refractivity contribution in [2.75, 3.05) is 32.8 Å². The number of nitrogens with one attached hydrogen (secondary N) is 1. The van der Waals surface area contributed by atoms with E-state index in [1.165, 1.54) is 10.6 Å². The molecule has 28 heavy (non-hydrogen) atoms. The Morgan fingerprint density at radius 1 is 1.21 bits per heavy atom. The van der Waals surface area contributed by atoms with Crippen LogP contribution < -0.4 is 0 Å². The zero-order chi connectivity index (χ0) is 20.5. The first-order chi connectivity index (χ1) is 13.3. The van der Waals surface area contributed by atoms with E-state index in [0.29, 0.717) is 11.3 Å². The highest BCUT2D eigenvalue weighted by molar-refractivity contribution is 7.89. The number of rotatable bonds is 5. The number of H-pyrrole nitrogens is 1. The van der Waals surface area contributed by atoms with Crippen LogP contribution in [0.1, 0.15) is 39.2 Å². The first-order valence-corrected chi connectivity index (χ1v) is 10.4. The number of furan rings is 1. The molecule has 9 nitrogen and oxygen atoms in total. The minimum Gasteiger partial charge on any atom is -0.461 e. The number of carbonyl (C=O) groups excluding carboxylic acids is 2. The van der Waals surface area contributed by atoms with Gasteiger partial charge in [-0.25, -0.2) is 13.2 Å². The van der Waals surface area contributed by atoms with Crippen LogP contribution in [-0.4, -0.2) is 67.3 Å². The molecule has 0 radical (unpaired) electrons. The Balaban J connectivity index is 1.78. The first-order valence-electron chi connectivity index (χ1n) is 8.96. The van der Waals surface area contributed by atoms with Crippen LogP contribution >= 0.6 is 0 Å². The molecule has 1 N–H and O–H groups in total. The largest absolute Gasteiger partial charge is 0.461 e. The molecule has 152 valence electrons. The number of aromatic nitrogens is 1. The van der Waals surface area contributed by atoms with Crippen molar-refractivity contribution >= 4 is 21.9 Å². The monoisotopic (exact) mass is 409 g/mol. The quantitative estimate of drug-likeness (QED) is 0.750. The van der Waals surface area contributed by atoms with Gasteiger partial charge in [-0.1, -0.05) is 0 Å². The Hall–Kier alpha value is -2.59. The van der Waals surface area contributed by atoms with Crippen LogP contribution in [0.5, 0.6) is 0 Å². The van der Waals surface area contributed by atoms with E-state index < -0.39 is 16.0 Å². The topological polar surface area (TPSA) is 113 Å². The van der Waals surface area contributed by atoms with Gasteiger partial charge in [-0.05, 0) is 32.9 Å². The van der Waals surface area contributed by atoms with E-state index in [9.17, 15) is 18.0 Å². The van der Waals surface area contributed by atoms with Gasteiger partial charge in [0.25, 0.3) is 5.91 Å². The van der Waals surface area contributed by atoms with Crippen molar-refractivity contribution in [1.29, 1.82) is 0 Å². The van der Waals surface area contributed by atoms with Crippen LogP contribution in [0, 0.1) is 13.8 Å². The molecule has 0 atom stereocenters. The first kappa shape index (κ1) is 20.2. The average Bonchev–Trinajstić information content (AvgIpc) is 3.29. The van der Waals surface area contributed by atoms with E-state index in [0.717, 1.165) is 0 Å². The molecule has 10 heteroatoms. The van der Waals surface area contributed by atoms with E-state index >= 15 is 0 Å². The molecule has 3 rings (SSSR count). The summed E-state index contributed by atoms with van der Waals surface area (Å²) >= 11 is 0. The molecule has 2 aromatic heterocycles. The summed E-state index contributed by atoms with van der Waals surface area (Å²) < 4.78 is 37.7. The fourth-order valence-corrected chi connectivity index (χ4v) is 5.17. The second-order valence-electron chi connectivity index (χ2n) is 6.47. The number of aromatic amines is 1. The van der Waals surface area contributed by atoms with Gasteiger partial charge in [0.2, 0.25) is 10.0 Å². The smallest absolute Gasteiger partial charge is 0.355 e. The molecule has 0 unspecified atom stereocenters. The molecular formula is C18H23N3O6S. The Bertz CT molecular complexity index is 969. The van der Waals surface area contributed by atoms with Crippen LogP contribution in [0.15, 0.2) is 27.7 Å². The maximum absolute atomic E-state index is 13.2. The van der Waals surface area contributed by atoms with Gasteiger partial charge < -0.3 is 19.0 Å². The summed E-state index contributed by atoms with van der Waals surface area (Å²) in [6.07, 6.45) is 1.42. The second-order valence-corrected chi connectivity index (χ2v) is 8.35. The molecule has 0 aromatic carbocycles. The number of amides is 1. The predicted molar refractivity (Wildman–Crippen MR) is 99.6 cm³/mol. The Morgan fingerprint density at radius 2 is 1.89 bits per heavy atom. The fraction of sp³-hybridized carbons (Fsp3) is 0.444. The van der Waals surface area contributed by atoms with Gasteiger partial charge in [-0.3, -0.25) is 4.79 Å². The number of aryl methyl sites for hydroxylation is 1. The molecule has 1 aliphatic heterocycles. The number of sulfonamides is 1. The standard InChI is InChI=1S/C18H23N3O6S/c1-4-26-18(23)15-12(2)16(13(3)19-15)28(24,25)21-9-7-20(8-10-21)17(22)14-6-5-11-27-14/h5-6,11,19H,4,7-10H2,1-3H3. The number of carbonyl (C=O) groups is 2. The van der Waals surface area contributed by atoms with Crippen LogP contribution in [0.2, 0.25) is 0 Å². The van der Waals surface area contributed by atoms with Crippen molar-refractivity contribution in [2.24, 2.45) is 0 Å². The van der Waals surface area contributed by atoms with Crippen molar-refractivity contribution in [3.63, 3.8) is 0 Å². The van der Waals surface area contributed by atoms with Crippen molar-refractivity contribution in [2.45, 2.75) is 25.7 Å². The minimum atomic E-state index is -3.82. The van der Waals surface area contributed by atoms with E-state index in [4.69, 9.17) is 9.15 Å². The summed E-state index contributed by atoms with van der Waals surface area (Å²) in [6.45, 7) is 5.91. The van der Waals surface area contributed by atoms with Gasteiger partial charge in [0, 0.05) is 37.4 Å². The zero-order valence-corrected chi connectivity index (χ0v) is 16.8. The van der Waals surface area contributed by atoms with Gasteiger partial charge in [-0.2, -0.15) is 4.31 Å². The van der Waals surface area contributed by atoms with Crippen LogP contribution in [0.25, 0.3) is 0 Å². The number of hydrogen-bond acceptors (Lipinski definition) is 6. The highest BCUT2D eigenvalue weighted by Crippen LogP contribution is 2.27. The summed E-state index contributed by atoms with van der Waals surface area (Å²) in [7, 11) is -3.82. The minimum absolute atomic E-state index is 0.0846. The third-order valence-electron chi connectivity index (χ3n) is 4.70. The van der Waals surface area contributed by atoms with Crippen molar-refractivity contribution in [3.05, 3.63) is 41.1 Å². The summed E-state index contributed by atoms with van der Waals surface area (Å²) in [5.74, 6) is -0.619. The van der Waals surface area contributed by atoms with Crippen molar-refractivity contribution in [1.82, 2.24) is 14.2 Å². The Labute approximate surface area is 163 Å². The normalized spacial score (nSPS) is 15.6. The van der Waals surface area contributed by atoms with E-state index in [1.807, 2.05) is 0 Å². The predicted octanol–water partition coefficient (Wildman–Crippen LogP) is 1.55. The van der Waals surface area contributed by atoms with Gasteiger partial charge in [-0.15, -0.1) is 0 Å². The molecule has 0 saturated carbocycles. The third-order valence-corrected chi connectivity index (χ3v) is 6.88. The molecular weight excluding hydrogens is 386 g/mol. The summed E-state index contributed by atoms with van der Waals surface area (Å²) in [6, 6.07) is 3.21. The highest BCUT2D eigenvalue weighted by Gasteiger charge is 2.35. The Morgan fingerprint density at radius 3 is 2.46 bits per heavy atom. The van der Waals surface area contributed by atoms with E-state index in [1.54, 1.807) is 37.8 Å². The average molecular weight is 409 g/mol. The summed E-state index contributed by atoms with van der Waals surface area (Å²) in [5.41, 5.74) is 0.865. The fourth-order valence-electron chi connectivity index (χ4n) is 3.34. The summed E-state index contributed by atoms with van der Waals surface area (Å²) in [4.78, 5) is 28.9. The lowest BCUT2D eigenvalue weighted by Gasteiger charge is -2.33. The number of ether oxygens (including phenoxy) is 1. The molecule has 1 saturated heterocycles. The maximum Gasteiger partial charge on any atom is 0.355 e. The molecule has 0 bridgehead atoms. The van der Waals surface area contributed by atoms with E-state index in [-0.39, 0.29) is 55.0 Å². The number of nitrogens with zero attached hydrogens (tertiary/aromatic N) is 2. The second kappa shape index (κ2) is 7.80. The third kappa shape index (κ3) is 3.57. The SMILES string of the molecule is CCOC(=O)c1[nH]c(C)c(S(=O)(=O)N2CCN(C(=O)c3ccco3)CC2)c1C. The molecule has 1 fully saturated rings. The Kier molecular flexibility index (Phi) is 5.61. The van der Waals surface area contributed by atoms with Crippen LogP contribution in [-0.2, 0) is 14.8 Å². The highest BCUT2D eigenvalue weighted by atomic mass is 32.2. The number of piperazine rings is 1. The van der Waals surface area contributed by atoms with Gasteiger partial charge in [0.05, 0.1) is 12.9 Å². The zero-order valence-electron chi connectivity index (χ0n) is 16.0. The van der Waals surface area contributed by atoms with Gasteiger partial charge in [0.1, 0.15) is 10.6 Å². The molecule has 2 aromatic rings. The molecule has 0 spiro atoms. The number of esters is 1. The molecule has 1 aliphatic rings. The molecule has 3 heterocycles. The lowest BCUT2D eigenvalue weighted by Crippen LogP contribution is -2.50. The van der Waals surface area contributed by atoms with Gasteiger partial charge >= 0.3 is 5.97 Å². The molecule has 1 amide bonds. The van der Waals surface area contributed by atoms with Gasteiger partial charge in [0.15, 0.2) is 5.76 Å². The van der Waals surface area contributed by atoms with E-state index in [2.05, 4.69) is 4.98 Å². The van der Waals surface area contributed by atoms with Crippen molar-refractivity contribution < 1.29 is 27.2 Å². The lowest BCUT2D eigenvalue weighted by molar-refractivity contribution is 0.0518. The summed E-state index contributed by atoms with van der Waals surface area (Å²) in [5, 5.41) is 0. The van der Waals surface area contributed by atoms with Crippen molar-refractivity contribution in [3.8, 4) is 0 Å². The molecule has 0 aliphatic carbocycles. The van der Waals surface area contributed by atoms with Crippen LogP contribution in [0.4, 0.5) is 0 Å². The maximum atomic E-state index is 13.2. The number of hydrogen-bond donors (Lipinski definition) is 1. The lowest BCUT2D eigenvalue weighted by atomic mass is 10.2.